The van der Waals surface area contributed by atoms with Crippen LogP contribution in [0.2, 0.25) is 0 Å². The number of aliphatic hydroxyl groups is 1. The highest BCUT2D eigenvalue weighted by molar-refractivity contribution is 7.09. The number of benzene rings is 2. The molecule has 4 unspecified atom stereocenters. The maximum Gasteiger partial charge on any atom is 0.323 e. The summed E-state index contributed by atoms with van der Waals surface area (Å²) in [5, 5.41) is 19.4. The van der Waals surface area contributed by atoms with Crippen molar-refractivity contribution in [1.29, 1.82) is 0 Å². The Balaban J connectivity index is 1.42. The van der Waals surface area contributed by atoms with E-state index >= 15 is 0 Å². The Hall–Kier alpha value is -2.70. The predicted molar refractivity (Wildman–Crippen MR) is 113 cm³/mol. The molecular weight excluding hydrogens is 370 g/mol. The second-order valence-electron chi connectivity index (χ2n) is 7.23. The van der Waals surface area contributed by atoms with Crippen molar-refractivity contribution in [3.63, 3.8) is 0 Å². The lowest BCUT2D eigenvalue weighted by molar-refractivity contribution is 0.156. The monoisotopic (exact) mass is 393 g/mol. The van der Waals surface area contributed by atoms with Crippen LogP contribution in [0.5, 0.6) is 0 Å². The van der Waals surface area contributed by atoms with E-state index in [4.69, 9.17) is 0 Å². The van der Waals surface area contributed by atoms with Gasteiger partial charge < -0.3 is 15.7 Å². The maximum atomic E-state index is 12.1. The number of aromatic nitrogens is 1. The van der Waals surface area contributed by atoms with Crippen molar-refractivity contribution in [3.05, 3.63) is 76.7 Å². The van der Waals surface area contributed by atoms with Gasteiger partial charge in [0.15, 0.2) is 0 Å². The van der Waals surface area contributed by atoms with Gasteiger partial charge >= 0.3 is 6.03 Å². The number of para-hydroxylation sites is 1. The first-order valence-electron chi connectivity index (χ1n) is 9.42. The Morgan fingerprint density at radius 2 is 1.75 bits per heavy atom. The lowest BCUT2D eigenvalue weighted by Gasteiger charge is -2.21. The van der Waals surface area contributed by atoms with Gasteiger partial charge in [-0.3, -0.25) is 0 Å². The van der Waals surface area contributed by atoms with Crippen molar-refractivity contribution in [2.45, 2.75) is 31.3 Å². The Kier molecular flexibility index (Phi) is 5.41. The van der Waals surface area contributed by atoms with Crippen LogP contribution in [0.1, 0.15) is 35.8 Å². The first-order valence-corrected chi connectivity index (χ1v) is 10.3. The van der Waals surface area contributed by atoms with Crippen molar-refractivity contribution < 1.29 is 9.90 Å². The summed E-state index contributed by atoms with van der Waals surface area (Å²) in [4.78, 5) is 16.6. The SMILES string of the molecule is CC1C(c2nccs2)CC(O)C1c1ccc(NC(=O)Nc2ccccc2)cc1. The Morgan fingerprint density at radius 3 is 2.39 bits per heavy atom. The van der Waals surface area contributed by atoms with Gasteiger partial charge in [-0.05, 0) is 42.2 Å². The summed E-state index contributed by atoms with van der Waals surface area (Å²) in [6.07, 6.45) is 2.18. The highest BCUT2D eigenvalue weighted by Crippen LogP contribution is 2.48. The molecule has 1 aliphatic carbocycles. The first kappa shape index (κ1) is 18.7. The van der Waals surface area contributed by atoms with Crippen LogP contribution < -0.4 is 10.6 Å². The minimum Gasteiger partial charge on any atom is -0.392 e. The zero-order chi connectivity index (χ0) is 19.5. The summed E-state index contributed by atoms with van der Waals surface area (Å²) in [6, 6.07) is 16.8. The molecule has 0 radical (unpaired) electrons. The lowest BCUT2D eigenvalue weighted by Crippen LogP contribution is -2.19. The predicted octanol–water partition coefficient (Wildman–Crippen LogP) is 5.06. The molecule has 4 atom stereocenters. The molecule has 144 valence electrons. The highest BCUT2D eigenvalue weighted by atomic mass is 32.1. The fourth-order valence-electron chi connectivity index (χ4n) is 4.09. The molecule has 2 aromatic carbocycles. The van der Waals surface area contributed by atoms with E-state index in [1.165, 1.54) is 0 Å². The van der Waals surface area contributed by atoms with Gasteiger partial charge in [0.25, 0.3) is 0 Å². The van der Waals surface area contributed by atoms with E-state index in [2.05, 4.69) is 22.5 Å². The number of aliphatic hydroxyl groups excluding tert-OH is 1. The second kappa shape index (κ2) is 8.12. The van der Waals surface area contributed by atoms with E-state index in [0.717, 1.165) is 22.7 Å². The third-order valence-corrected chi connectivity index (χ3v) is 6.37. The Bertz CT molecular complexity index is 913. The van der Waals surface area contributed by atoms with Gasteiger partial charge in [-0.2, -0.15) is 0 Å². The summed E-state index contributed by atoms with van der Waals surface area (Å²) >= 11 is 1.66. The largest absolute Gasteiger partial charge is 0.392 e. The Labute approximate surface area is 168 Å². The van der Waals surface area contributed by atoms with Gasteiger partial charge in [0, 0.05) is 34.8 Å². The quantitative estimate of drug-likeness (QED) is 0.580. The first-order chi connectivity index (χ1) is 13.6. The van der Waals surface area contributed by atoms with Crippen molar-refractivity contribution in [2.24, 2.45) is 5.92 Å². The van der Waals surface area contributed by atoms with E-state index in [-0.39, 0.29) is 24.0 Å². The topological polar surface area (TPSA) is 74.2 Å². The molecule has 0 bridgehead atoms. The summed E-state index contributed by atoms with van der Waals surface area (Å²) in [7, 11) is 0. The molecule has 3 N–H and O–H groups in total. The number of nitrogens with one attached hydrogen (secondary N) is 2. The summed E-state index contributed by atoms with van der Waals surface area (Å²) in [5.74, 6) is 0.664. The smallest absolute Gasteiger partial charge is 0.323 e. The standard InChI is InChI=1S/C22H23N3O2S/c1-14-18(21-23-11-12-28-21)13-19(26)20(14)15-7-9-17(10-8-15)25-22(27)24-16-5-3-2-4-6-16/h2-12,14,18-20,26H,13H2,1H3,(H2,24,25,27). The number of nitrogens with zero attached hydrogens (tertiary/aromatic N) is 1. The maximum absolute atomic E-state index is 12.1. The zero-order valence-electron chi connectivity index (χ0n) is 15.6. The molecule has 28 heavy (non-hydrogen) atoms. The van der Waals surface area contributed by atoms with Gasteiger partial charge in [0.2, 0.25) is 0 Å². The number of hydrogen-bond acceptors (Lipinski definition) is 4. The van der Waals surface area contributed by atoms with Gasteiger partial charge in [-0.15, -0.1) is 11.3 Å². The van der Waals surface area contributed by atoms with E-state index in [0.29, 0.717) is 11.6 Å². The number of hydrogen-bond donors (Lipinski definition) is 3. The van der Waals surface area contributed by atoms with Crippen molar-refractivity contribution in [1.82, 2.24) is 4.98 Å². The normalized spacial score (nSPS) is 24.1. The number of urea groups is 1. The van der Waals surface area contributed by atoms with Crippen LogP contribution in [0.15, 0.2) is 66.2 Å². The third-order valence-electron chi connectivity index (χ3n) is 5.46. The minimum atomic E-state index is -0.385. The Morgan fingerprint density at radius 1 is 1.07 bits per heavy atom. The number of amides is 2. The number of carbonyl (C=O) groups is 1. The van der Waals surface area contributed by atoms with Crippen molar-refractivity contribution in [3.8, 4) is 0 Å². The lowest BCUT2D eigenvalue weighted by atomic mass is 9.86. The number of thiazole rings is 1. The zero-order valence-corrected chi connectivity index (χ0v) is 16.4. The van der Waals surface area contributed by atoms with Gasteiger partial charge in [-0.25, -0.2) is 9.78 Å². The van der Waals surface area contributed by atoms with Crippen molar-refractivity contribution >= 4 is 28.7 Å². The molecule has 1 fully saturated rings. The van der Waals surface area contributed by atoms with E-state index in [1.807, 2.05) is 66.2 Å². The average Bonchev–Trinajstić information content (AvgIpc) is 3.31. The summed E-state index contributed by atoms with van der Waals surface area (Å²) in [6.45, 7) is 2.19. The van der Waals surface area contributed by atoms with E-state index < -0.39 is 0 Å². The van der Waals surface area contributed by atoms with Crippen LogP contribution in [0, 0.1) is 5.92 Å². The van der Waals surface area contributed by atoms with E-state index in [1.54, 1.807) is 11.3 Å². The van der Waals surface area contributed by atoms with Crippen LogP contribution in [-0.4, -0.2) is 22.2 Å². The van der Waals surface area contributed by atoms with Gasteiger partial charge in [0.1, 0.15) is 0 Å². The average molecular weight is 394 g/mol. The van der Waals surface area contributed by atoms with E-state index in [9.17, 15) is 9.90 Å². The molecule has 2 amide bonds. The van der Waals surface area contributed by atoms with Crippen LogP contribution in [0.3, 0.4) is 0 Å². The molecule has 0 spiro atoms. The summed E-state index contributed by atoms with van der Waals surface area (Å²) in [5.41, 5.74) is 2.55. The van der Waals surface area contributed by atoms with Crippen molar-refractivity contribution in [2.75, 3.05) is 10.6 Å². The van der Waals surface area contributed by atoms with Gasteiger partial charge in [0.05, 0.1) is 11.1 Å². The highest BCUT2D eigenvalue weighted by Gasteiger charge is 2.42. The van der Waals surface area contributed by atoms with Crippen LogP contribution in [0.4, 0.5) is 16.2 Å². The summed E-state index contributed by atoms with van der Waals surface area (Å²) < 4.78 is 0. The molecule has 1 aromatic heterocycles. The molecule has 1 aliphatic rings. The molecule has 3 aromatic rings. The fraction of sp³-hybridized carbons (Fsp3) is 0.273. The van der Waals surface area contributed by atoms with Crippen LogP contribution >= 0.6 is 11.3 Å². The minimum absolute atomic E-state index is 0.0705. The third kappa shape index (κ3) is 3.93. The molecule has 5 nitrogen and oxygen atoms in total. The second-order valence-corrected chi connectivity index (χ2v) is 8.16. The van der Waals surface area contributed by atoms with Gasteiger partial charge in [-0.1, -0.05) is 37.3 Å². The number of anilines is 2. The number of carbonyl (C=O) groups excluding carboxylic acids is 1. The van der Waals surface area contributed by atoms with Crippen LogP contribution in [0.25, 0.3) is 0 Å². The molecule has 0 aliphatic heterocycles. The molecule has 6 heteroatoms. The number of rotatable bonds is 4. The molecule has 0 saturated heterocycles. The molecule has 4 rings (SSSR count). The molecule has 1 saturated carbocycles. The molecule has 1 heterocycles. The molecular formula is C22H23N3O2S. The van der Waals surface area contributed by atoms with Crippen LogP contribution in [-0.2, 0) is 0 Å². The fourth-order valence-corrected chi connectivity index (χ4v) is 4.96.